The van der Waals surface area contributed by atoms with Crippen LogP contribution in [0, 0.1) is 0 Å². The van der Waals surface area contributed by atoms with E-state index in [2.05, 4.69) is 5.32 Å². The van der Waals surface area contributed by atoms with Crippen LogP contribution in [0.4, 0.5) is 11.4 Å². The van der Waals surface area contributed by atoms with Gasteiger partial charge in [-0.15, -0.1) is 0 Å². The van der Waals surface area contributed by atoms with Crippen LogP contribution < -0.4 is 21.5 Å². The Hall–Kier alpha value is -2.69. The molecule has 5 N–H and O–H groups in total. The van der Waals surface area contributed by atoms with E-state index in [-0.39, 0.29) is 0 Å². The Morgan fingerprint density at radius 3 is 2.76 bits per heavy atom. The Bertz CT molecular complexity index is 641. The maximum absolute atomic E-state index is 11.2. The van der Waals surface area contributed by atoms with Crippen LogP contribution in [0.5, 0.6) is 5.75 Å². The lowest BCUT2D eigenvalue weighted by Crippen LogP contribution is -2.14. The van der Waals surface area contributed by atoms with Gasteiger partial charge in [-0.2, -0.15) is 0 Å². The van der Waals surface area contributed by atoms with Crippen molar-refractivity contribution in [2.75, 3.05) is 24.7 Å². The predicted molar refractivity (Wildman–Crippen MR) is 84.6 cm³/mol. The molecule has 0 radical (unpaired) electrons. The van der Waals surface area contributed by atoms with E-state index >= 15 is 0 Å². The van der Waals surface area contributed by atoms with Crippen LogP contribution in [0.2, 0.25) is 0 Å². The first-order valence-electron chi connectivity index (χ1n) is 6.66. The average Bonchev–Trinajstić information content (AvgIpc) is 2.49. The second-order valence-corrected chi connectivity index (χ2v) is 4.69. The monoisotopic (exact) mass is 285 g/mol. The number of rotatable bonds is 6. The Balaban J connectivity index is 1.97. The van der Waals surface area contributed by atoms with Crippen molar-refractivity contribution in [2.45, 2.75) is 6.42 Å². The number of hydrogen-bond acceptors (Lipinski definition) is 4. The summed E-state index contributed by atoms with van der Waals surface area (Å²) in [6, 6.07) is 13.1. The maximum atomic E-state index is 11.2. The number of anilines is 2. The quantitative estimate of drug-likeness (QED) is 0.708. The van der Waals surface area contributed by atoms with Gasteiger partial charge in [-0.25, -0.2) is 0 Å². The van der Waals surface area contributed by atoms with Crippen molar-refractivity contribution in [3.8, 4) is 5.75 Å². The minimum absolute atomic E-state index is 0.335. The highest BCUT2D eigenvalue weighted by atomic mass is 16.5. The number of carbonyl (C=O) groups excluding carboxylic acids is 1. The standard InChI is InChI=1S/C16H19N3O2/c1-21-13-4-2-3-11(9-13)7-8-19-12-5-6-15(17)14(10-12)16(18)20/h2-6,9-10,19H,7-8,17H2,1H3,(H2,18,20). The molecule has 0 saturated heterocycles. The Kier molecular flexibility index (Phi) is 4.66. The first kappa shape index (κ1) is 14.7. The number of methoxy groups -OCH3 is 1. The summed E-state index contributed by atoms with van der Waals surface area (Å²) >= 11 is 0. The second kappa shape index (κ2) is 6.65. The highest BCUT2D eigenvalue weighted by Crippen LogP contribution is 2.18. The summed E-state index contributed by atoms with van der Waals surface area (Å²) in [4.78, 5) is 11.2. The Morgan fingerprint density at radius 2 is 2.05 bits per heavy atom. The van der Waals surface area contributed by atoms with E-state index in [0.29, 0.717) is 11.3 Å². The summed E-state index contributed by atoms with van der Waals surface area (Å²) in [5.41, 5.74) is 13.7. The van der Waals surface area contributed by atoms with Crippen LogP contribution >= 0.6 is 0 Å². The SMILES string of the molecule is COc1cccc(CCNc2ccc(N)c(C(N)=O)c2)c1. The molecule has 110 valence electrons. The third kappa shape index (κ3) is 3.89. The zero-order valence-corrected chi connectivity index (χ0v) is 11.9. The largest absolute Gasteiger partial charge is 0.497 e. The number of ether oxygens (including phenoxy) is 1. The molecule has 0 aliphatic rings. The van der Waals surface area contributed by atoms with Gasteiger partial charge >= 0.3 is 0 Å². The molecule has 5 heteroatoms. The van der Waals surface area contributed by atoms with Gasteiger partial charge in [-0.05, 0) is 42.3 Å². The van der Waals surface area contributed by atoms with E-state index in [1.54, 1.807) is 19.2 Å². The highest BCUT2D eigenvalue weighted by molar-refractivity contribution is 5.98. The lowest BCUT2D eigenvalue weighted by molar-refractivity contribution is 0.100. The van der Waals surface area contributed by atoms with E-state index in [1.807, 2.05) is 30.3 Å². The Morgan fingerprint density at radius 1 is 1.24 bits per heavy atom. The predicted octanol–water partition coefficient (Wildman–Crippen LogP) is 2.03. The van der Waals surface area contributed by atoms with E-state index in [9.17, 15) is 4.79 Å². The van der Waals surface area contributed by atoms with E-state index < -0.39 is 5.91 Å². The van der Waals surface area contributed by atoms with Crippen molar-refractivity contribution in [3.63, 3.8) is 0 Å². The van der Waals surface area contributed by atoms with Gasteiger partial charge in [0, 0.05) is 17.9 Å². The molecule has 1 amide bonds. The third-order valence-corrected chi connectivity index (χ3v) is 3.20. The molecular weight excluding hydrogens is 266 g/mol. The van der Waals surface area contributed by atoms with Gasteiger partial charge in [0.1, 0.15) is 5.75 Å². The van der Waals surface area contributed by atoms with Gasteiger partial charge in [0.2, 0.25) is 0 Å². The number of benzene rings is 2. The number of primary amides is 1. The van der Waals surface area contributed by atoms with Gasteiger partial charge in [-0.3, -0.25) is 4.79 Å². The molecule has 21 heavy (non-hydrogen) atoms. The highest BCUT2D eigenvalue weighted by Gasteiger charge is 2.06. The molecule has 0 unspecified atom stereocenters. The molecule has 0 heterocycles. The van der Waals surface area contributed by atoms with Crippen molar-refractivity contribution >= 4 is 17.3 Å². The Labute approximate surface area is 123 Å². The van der Waals surface area contributed by atoms with Gasteiger partial charge in [-0.1, -0.05) is 12.1 Å². The smallest absolute Gasteiger partial charge is 0.250 e. The van der Waals surface area contributed by atoms with Crippen molar-refractivity contribution < 1.29 is 9.53 Å². The summed E-state index contributed by atoms with van der Waals surface area (Å²) in [5.74, 6) is 0.319. The number of carbonyl (C=O) groups is 1. The molecule has 0 aliphatic carbocycles. The number of nitrogen functional groups attached to an aromatic ring is 1. The van der Waals surface area contributed by atoms with Crippen LogP contribution in [-0.2, 0) is 6.42 Å². The molecule has 2 rings (SSSR count). The van der Waals surface area contributed by atoms with Crippen molar-refractivity contribution in [1.29, 1.82) is 0 Å². The summed E-state index contributed by atoms with van der Waals surface area (Å²) in [5, 5.41) is 3.25. The number of nitrogens with two attached hydrogens (primary N) is 2. The minimum Gasteiger partial charge on any atom is -0.497 e. The van der Waals surface area contributed by atoms with Crippen molar-refractivity contribution in [3.05, 3.63) is 53.6 Å². The maximum Gasteiger partial charge on any atom is 0.250 e. The fourth-order valence-corrected chi connectivity index (χ4v) is 2.06. The van der Waals surface area contributed by atoms with Gasteiger partial charge < -0.3 is 21.5 Å². The molecule has 2 aromatic carbocycles. The van der Waals surface area contributed by atoms with Crippen molar-refractivity contribution in [2.24, 2.45) is 5.73 Å². The summed E-state index contributed by atoms with van der Waals surface area (Å²) < 4.78 is 5.19. The first-order valence-corrected chi connectivity index (χ1v) is 6.66. The molecule has 0 atom stereocenters. The zero-order valence-electron chi connectivity index (χ0n) is 11.9. The molecular formula is C16H19N3O2. The molecule has 0 bridgehead atoms. The number of amides is 1. The van der Waals surface area contributed by atoms with E-state index in [4.69, 9.17) is 16.2 Å². The lowest BCUT2D eigenvalue weighted by atomic mass is 10.1. The summed E-state index contributed by atoms with van der Waals surface area (Å²) in [6.07, 6.45) is 0.841. The van der Waals surface area contributed by atoms with Crippen LogP contribution in [-0.4, -0.2) is 19.6 Å². The van der Waals surface area contributed by atoms with Crippen LogP contribution in [0.15, 0.2) is 42.5 Å². The second-order valence-electron chi connectivity index (χ2n) is 4.69. The van der Waals surface area contributed by atoms with Crippen LogP contribution in [0.25, 0.3) is 0 Å². The van der Waals surface area contributed by atoms with Crippen LogP contribution in [0.3, 0.4) is 0 Å². The molecule has 0 aliphatic heterocycles. The average molecular weight is 285 g/mol. The fourth-order valence-electron chi connectivity index (χ4n) is 2.06. The molecule has 5 nitrogen and oxygen atoms in total. The van der Waals surface area contributed by atoms with Crippen molar-refractivity contribution in [1.82, 2.24) is 0 Å². The molecule has 2 aromatic rings. The molecule has 0 saturated carbocycles. The first-order chi connectivity index (χ1) is 10.1. The zero-order chi connectivity index (χ0) is 15.2. The minimum atomic E-state index is -0.524. The third-order valence-electron chi connectivity index (χ3n) is 3.20. The molecule has 0 aromatic heterocycles. The van der Waals surface area contributed by atoms with Gasteiger partial charge in [0.25, 0.3) is 5.91 Å². The summed E-state index contributed by atoms with van der Waals surface area (Å²) in [7, 11) is 1.65. The molecule has 0 fully saturated rings. The van der Waals surface area contributed by atoms with Gasteiger partial charge in [0.15, 0.2) is 0 Å². The molecule has 0 spiro atoms. The number of hydrogen-bond donors (Lipinski definition) is 3. The van der Waals surface area contributed by atoms with E-state index in [0.717, 1.165) is 24.4 Å². The fraction of sp³-hybridized carbons (Fsp3) is 0.188. The van der Waals surface area contributed by atoms with Gasteiger partial charge in [0.05, 0.1) is 12.7 Å². The number of nitrogens with one attached hydrogen (secondary N) is 1. The topological polar surface area (TPSA) is 90.4 Å². The normalized spacial score (nSPS) is 10.1. The lowest BCUT2D eigenvalue weighted by Gasteiger charge is -2.09. The van der Waals surface area contributed by atoms with E-state index in [1.165, 1.54) is 5.56 Å². The van der Waals surface area contributed by atoms with Crippen LogP contribution in [0.1, 0.15) is 15.9 Å². The summed E-state index contributed by atoms with van der Waals surface area (Å²) in [6.45, 7) is 0.731.